The van der Waals surface area contributed by atoms with Crippen molar-refractivity contribution in [1.29, 1.82) is 0 Å². The molecule has 100 valence electrons. The van der Waals surface area contributed by atoms with Gasteiger partial charge in [-0.2, -0.15) is 4.31 Å². The van der Waals surface area contributed by atoms with Crippen molar-refractivity contribution in [1.82, 2.24) is 9.29 Å². The number of sulfonamides is 1. The summed E-state index contributed by atoms with van der Waals surface area (Å²) in [6.07, 6.45) is 5.00. The van der Waals surface area contributed by atoms with E-state index in [9.17, 15) is 8.42 Å². The number of hydrogen-bond acceptors (Lipinski definition) is 3. The van der Waals surface area contributed by atoms with Gasteiger partial charge >= 0.3 is 0 Å². The Kier molecular flexibility index (Phi) is 4.08. The maximum atomic E-state index is 12.6. The van der Waals surface area contributed by atoms with E-state index in [4.69, 9.17) is 0 Å². The van der Waals surface area contributed by atoms with Gasteiger partial charge in [0.2, 0.25) is 10.0 Å². The molecule has 1 saturated heterocycles. The van der Waals surface area contributed by atoms with Crippen LogP contribution in [0.1, 0.15) is 26.7 Å². The van der Waals surface area contributed by atoms with Crippen LogP contribution in [0.15, 0.2) is 27.8 Å². The molecule has 0 saturated carbocycles. The molecule has 1 aromatic rings. The molecule has 1 aromatic heterocycles. The maximum Gasteiger partial charge on any atom is 0.244 e. The van der Waals surface area contributed by atoms with Crippen LogP contribution in [0.5, 0.6) is 0 Å². The summed E-state index contributed by atoms with van der Waals surface area (Å²) in [6, 6.07) is 1.67. The Hall–Kier alpha value is -0.460. The average Bonchev–Trinajstić information content (AvgIpc) is 2.32. The van der Waals surface area contributed by atoms with E-state index in [-0.39, 0.29) is 10.9 Å². The van der Waals surface area contributed by atoms with Crippen molar-refractivity contribution in [3.8, 4) is 0 Å². The van der Waals surface area contributed by atoms with Crippen molar-refractivity contribution in [3.63, 3.8) is 0 Å². The summed E-state index contributed by atoms with van der Waals surface area (Å²) in [4.78, 5) is 4.20. The van der Waals surface area contributed by atoms with E-state index >= 15 is 0 Å². The van der Waals surface area contributed by atoms with Crippen molar-refractivity contribution in [2.75, 3.05) is 6.54 Å². The molecule has 0 bridgehead atoms. The lowest BCUT2D eigenvalue weighted by atomic mass is 9.97. The van der Waals surface area contributed by atoms with E-state index in [1.54, 1.807) is 16.6 Å². The van der Waals surface area contributed by atoms with Crippen LogP contribution in [0.3, 0.4) is 0 Å². The molecule has 2 heterocycles. The van der Waals surface area contributed by atoms with E-state index in [0.717, 1.165) is 12.8 Å². The summed E-state index contributed by atoms with van der Waals surface area (Å²) in [5.41, 5.74) is 0. The summed E-state index contributed by atoms with van der Waals surface area (Å²) in [5, 5.41) is 0. The van der Waals surface area contributed by atoms with Crippen LogP contribution in [-0.2, 0) is 10.0 Å². The standard InChI is InChI=1S/C12H17BrN2O2S/c1-9-3-4-10(2)15(8-9)18(16,17)12-5-11(13)6-14-7-12/h5-7,9-10H,3-4,8H2,1-2H3. The molecule has 2 rings (SSSR count). The molecule has 1 aliphatic rings. The monoisotopic (exact) mass is 332 g/mol. The molecule has 1 aliphatic heterocycles. The van der Waals surface area contributed by atoms with E-state index in [0.29, 0.717) is 16.9 Å². The number of hydrogen-bond donors (Lipinski definition) is 0. The Bertz CT molecular complexity index is 533. The fraction of sp³-hybridized carbons (Fsp3) is 0.583. The lowest BCUT2D eigenvalue weighted by Crippen LogP contribution is -2.44. The Morgan fingerprint density at radius 3 is 2.72 bits per heavy atom. The second-order valence-electron chi connectivity index (χ2n) is 4.95. The number of pyridine rings is 1. The van der Waals surface area contributed by atoms with Gasteiger partial charge in [-0.25, -0.2) is 8.42 Å². The molecule has 4 nitrogen and oxygen atoms in total. The molecule has 2 unspecified atom stereocenters. The topological polar surface area (TPSA) is 50.3 Å². The van der Waals surface area contributed by atoms with Gasteiger partial charge in [-0.3, -0.25) is 4.98 Å². The molecule has 0 aliphatic carbocycles. The lowest BCUT2D eigenvalue weighted by Gasteiger charge is -2.35. The van der Waals surface area contributed by atoms with Gasteiger partial charge in [0.15, 0.2) is 0 Å². The predicted octanol–water partition coefficient (Wildman–Crippen LogP) is 2.65. The van der Waals surface area contributed by atoms with Gasteiger partial charge in [-0.15, -0.1) is 0 Å². The normalized spacial score (nSPS) is 26.2. The Morgan fingerprint density at radius 1 is 1.33 bits per heavy atom. The zero-order valence-corrected chi connectivity index (χ0v) is 12.9. The first-order valence-electron chi connectivity index (χ1n) is 6.03. The number of rotatable bonds is 2. The number of piperidine rings is 1. The van der Waals surface area contributed by atoms with Crippen LogP contribution < -0.4 is 0 Å². The molecule has 0 radical (unpaired) electrons. The van der Waals surface area contributed by atoms with Gasteiger partial charge in [0.05, 0.1) is 0 Å². The fourth-order valence-corrected chi connectivity index (χ4v) is 4.54. The molecule has 0 N–H and O–H groups in total. The van der Waals surface area contributed by atoms with Gasteiger partial charge in [0, 0.05) is 29.5 Å². The zero-order valence-electron chi connectivity index (χ0n) is 10.5. The lowest BCUT2D eigenvalue weighted by molar-refractivity contribution is 0.218. The molecular weight excluding hydrogens is 316 g/mol. The van der Waals surface area contributed by atoms with Crippen LogP contribution in [0, 0.1) is 5.92 Å². The number of aromatic nitrogens is 1. The summed E-state index contributed by atoms with van der Waals surface area (Å²) in [5.74, 6) is 0.413. The molecule has 6 heteroatoms. The van der Waals surface area contributed by atoms with Crippen LogP contribution in [0.4, 0.5) is 0 Å². The third-order valence-electron chi connectivity index (χ3n) is 3.35. The number of nitrogens with zero attached hydrogens (tertiary/aromatic N) is 2. The fourth-order valence-electron chi connectivity index (χ4n) is 2.25. The molecular formula is C12H17BrN2O2S. The predicted molar refractivity (Wildman–Crippen MR) is 73.7 cm³/mol. The Balaban J connectivity index is 2.35. The largest absolute Gasteiger partial charge is 0.262 e. The molecule has 2 atom stereocenters. The minimum absolute atomic E-state index is 0.0604. The quantitative estimate of drug-likeness (QED) is 0.836. The smallest absolute Gasteiger partial charge is 0.244 e. The highest BCUT2D eigenvalue weighted by atomic mass is 79.9. The van der Waals surface area contributed by atoms with Gasteiger partial charge in [-0.05, 0) is 47.7 Å². The zero-order chi connectivity index (χ0) is 13.3. The number of halogens is 1. The van der Waals surface area contributed by atoms with Gasteiger partial charge in [-0.1, -0.05) is 6.92 Å². The molecule has 1 fully saturated rings. The highest BCUT2D eigenvalue weighted by Gasteiger charge is 2.33. The second-order valence-corrected chi connectivity index (χ2v) is 7.75. The van der Waals surface area contributed by atoms with E-state index in [2.05, 4.69) is 27.8 Å². The van der Waals surface area contributed by atoms with Crippen molar-refractivity contribution in [2.45, 2.75) is 37.6 Å². The van der Waals surface area contributed by atoms with Crippen LogP contribution in [-0.4, -0.2) is 30.3 Å². The third kappa shape index (κ3) is 2.75. The van der Waals surface area contributed by atoms with E-state index < -0.39 is 10.0 Å². The van der Waals surface area contributed by atoms with Gasteiger partial charge < -0.3 is 0 Å². The summed E-state index contributed by atoms with van der Waals surface area (Å²) in [6.45, 7) is 4.65. The van der Waals surface area contributed by atoms with E-state index in [1.807, 2.05) is 6.92 Å². The van der Waals surface area contributed by atoms with Crippen LogP contribution in [0.2, 0.25) is 0 Å². The Morgan fingerprint density at radius 2 is 2.06 bits per heavy atom. The van der Waals surface area contributed by atoms with Crippen molar-refractivity contribution in [2.24, 2.45) is 5.92 Å². The first-order valence-corrected chi connectivity index (χ1v) is 8.27. The average molecular weight is 333 g/mol. The van der Waals surface area contributed by atoms with Crippen molar-refractivity contribution >= 4 is 26.0 Å². The SMILES string of the molecule is CC1CCC(C)N(S(=O)(=O)c2cncc(Br)c2)C1. The third-order valence-corrected chi connectivity index (χ3v) is 5.73. The maximum absolute atomic E-state index is 12.6. The van der Waals surface area contributed by atoms with Crippen molar-refractivity contribution < 1.29 is 8.42 Å². The molecule has 0 aromatic carbocycles. The van der Waals surface area contributed by atoms with Crippen LogP contribution in [0.25, 0.3) is 0 Å². The second kappa shape index (κ2) is 5.27. The molecule has 18 heavy (non-hydrogen) atoms. The first kappa shape index (κ1) is 14.0. The van der Waals surface area contributed by atoms with E-state index in [1.165, 1.54) is 6.20 Å². The summed E-state index contributed by atoms with van der Waals surface area (Å²) >= 11 is 3.26. The molecule has 0 amide bonds. The Labute approximate surface area is 117 Å². The first-order chi connectivity index (χ1) is 8.41. The van der Waals surface area contributed by atoms with Crippen LogP contribution >= 0.6 is 15.9 Å². The van der Waals surface area contributed by atoms with Gasteiger partial charge in [0.1, 0.15) is 4.90 Å². The summed E-state index contributed by atoms with van der Waals surface area (Å²) in [7, 11) is -3.43. The van der Waals surface area contributed by atoms with Crippen molar-refractivity contribution in [3.05, 3.63) is 22.9 Å². The summed E-state index contributed by atoms with van der Waals surface area (Å²) < 4.78 is 27.4. The van der Waals surface area contributed by atoms with Gasteiger partial charge in [0.25, 0.3) is 0 Å². The molecule has 0 spiro atoms. The highest BCUT2D eigenvalue weighted by molar-refractivity contribution is 9.10. The minimum Gasteiger partial charge on any atom is -0.262 e. The minimum atomic E-state index is -3.43. The highest BCUT2D eigenvalue weighted by Crippen LogP contribution is 2.28.